The summed E-state index contributed by atoms with van der Waals surface area (Å²) in [6.45, 7) is 0.0610. The average Bonchev–Trinajstić information content (AvgIpc) is 3.02. The number of hydrogen-bond acceptors (Lipinski definition) is 6. The second-order valence-electron chi connectivity index (χ2n) is 5.64. The molecule has 2 aromatic rings. The molecule has 3 rings (SSSR count). The third-order valence-corrected chi connectivity index (χ3v) is 5.98. The van der Waals surface area contributed by atoms with Crippen molar-refractivity contribution in [2.75, 3.05) is 12.4 Å². The largest absolute Gasteiger partial charge is 0.465 e. The lowest BCUT2D eigenvalue weighted by molar-refractivity contribution is -0.116. The lowest BCUT2D eigenvalue weighted by Crippen LogP contribution is -2.24. The van der Waals surface area contributed by atoms with E-state index < -0.39 is 5.97 Å². The van der Waals surface area contributed by atoms with Gasteiger partial charge >= 0.3 is 5.97 Å². The number of hydrogen-bond donors (Lipinski definition) is 2. The Bertz CT molecular complexity index is 819. The number of thiazole rings is 1. The molecule has 8 heteroatoms. The topological polar surface area (TPSA) is 84.2 Å². The summed E-state index contributed by atoms with van der Waals surface area (Å²) in [5.41, 5.74) is 1.54. The number of thiophene rings is 1. The molecule has 6 nitrogen and oxygen atoms in total. The molecule has 0 radical (unpaired) electrons. The van der Waals surface area contributed by atoms with Gasteiger partial charge in [-0.2, -0.15) is 0 Å². The molecule has 0 fully saturated rings. The van der Waals surface area contributed by atoms with Crippen LogP contribution >= 0.6 is 22.7 Å². The predicted molar refractivity (Wildman–Crippen MR) is 93.7 cm³/mol. The lowest BCUT2D eigenvalue weighted by Gasteiger charge is -2.08. The molecular formula is C16H19N3O3S2. The van der Waals surface area contributed by atoms with Gasteiger partial charge in [-0.1, -0.05) is 6.42 Å². The van der Waals surface area contributed by atoms with Crippen LogP contribution in [0.15, 0.2) is 11.6 Å². The standard InChI is InChI=1S/C16H19N3O3S2/c1-22-15(21)13-10-5-3-2-4-6-11(10)24-14(13)18-12(20)9-19-7-8-23-16(19)17/h7-8,17H,2-6,9H2,1H3,(H,18,20). The van der Waals surface area contributed by atoms with Gasteiger partial charge in [-0.15, -0.1) is 22.7 Å². The number of carbonyl (C=O) groups excluding carboxylic acids is 2. The monoisotopic (exact) mass is 365 g/mol. The van der Waals surface area contributed by atoms with Crippen molar-refractivity contribution in [3.63, 3.8) is 0 Å². The number of aryl methyl sites for hydroxylation is 1. The maximum absolute atomic E-state index is 12.3. The van der Waals surface area contributed by atoms with E-state index in [0.29, 0.717) is 15.4 Å². The number of amides is 1. The summed E-state index contributed by atoms with van der Waals surface area (Å²) in [6, 6.07) is 0. The first kappa shape index (κ1) is 16.9. The fraction of sp³-hybridized carbons (Fsp3) is 0.438. The Morgan fingerprint density at radius 3 is 2.83 bits per heavy atom. The fourth-order valence-corrected chi connectivity index (χ4v) is 4.79. The molecule has 0 saturated heterocycles. The Hall–Kier alpha value is -1.93. The van der Waals surface area contributed by atoms with Gasteiger partial charge in [-0.3, -0.25) is 10.2 Å². The lowest BCUT2D eigenvalue weighted by atomic mass is 10.1. The van der Waals surface area contributed by atoms with E-state index in [1.54, 1.807) is 16.1 Å². The van der Waals surface area contributed by atoms with E-state index in [4.69, 9.17) is 10.1 Å². The minimum absolute atomic E-state index is 0.0610. The zero-order valence-electron chi connectivity index (χ0n) is 13.4. The summed E-state index contributed by atoms with van der Waals surface area (Å²) < 4.78 is 6.50. The molecule has 0 unspecified atom stereocenters. The van der Waals surface area contributed by atoms with Crippen molar-refractivity contribution in [1.29, 1.82) is 5.41 Å². The van der Waals surface area contributed by atoms with Crippen molar-refractivity contribution >= 4 is 39.6 Å². The molecule has 2 heterocycles. The van der Waals surface area contributed by atoms with Crippen LogP contribution in [0, 0.1) is 5.41 Å². The molecule has 0 aromatic carbocycles. The summed E-state index contributed by atoms with van der Waals surface area (Å²) >= 11 is 2.74. The number of carbonyl (C=O) groups is 2. The highest BCUT2D eigenvalue weighted by Crippen LogP contribution is 2.37. The highest BCUT2D eigenvalue weighted by Gasteiger charge is 2.26. The number of anilines is 1. The van der Waals surface area contributed by atoms with Crippen LogP contribution < -0.4 is 10.1 Å². The van der Waals surface area contributed by atoms with E-state index in [1.165, 1.54) is 34.7 Å². The summed E-state index contributed by atoms with van der Waals surface area (Å²) in [6.07, 6.45) is 6.81. The third-order valence-electron chi connectivity index (χ3n) is 4.06. The van der Waals surface area contributed by atoms with Crippen LogP contribution in [-0.2, 0) is 28.9 Å². The van der Waals surface area contributed by atoms with Gasteiger partial charge < -0.3 is 14.6 Å². The van der Waals surface area contributed by atoms with Crippen molar-refractivity contribution in [2.45, 2.75) is 38.6 Å². The molecular weight excluding hydrogens is 346 g/mol. The first-order valence-electron chi connectivity index (χ1n) is 7.81. The second kappa shape index (κ2) is 7.31. The molecule has 0 aliphatic heterocycles. The Labute approximate surface area is 147 Å². The summed E-state index contributed by atoms with van der Waals surface area (Å²) in [4.78, 5) is 26.0. The van der Waals surface area contributed by atoms with Gasteiger partial charge in [0.15, 0.2) is 4.80 Å². The van der Waals surface area contributed by atoms with Crippen molar-refractivity contribution in [2.24, 2.45) is 0 Å². The molecule has 2 N–H and O–H groups in total. The van der Waals surface area contributed by atoms with Crippen LogP contribution in [-0.4, -0.2) is 23.6 Å². The fourth-order valence-electron chi connectivity index (χ4n) is 2.90. The minimum Gasteiger partial charge on any atom is -0.465 e. The zero-order valence-corrected chi connectivity index (χ0v) is 15.0. The summed E-state index contributed by atoms with van der Waals surface area (Å²) in [5.74, 6) is -0.637. The second-order valence-corrected chi connectivity index (χ2v) is 7.64. The van der Waals surface area contributed by atoms with Crippen LogP contribution in [0.25, 0.3) is 0 Å². The van der Waals surface area contributed by atoms with Crippen molar-refractivity contribution in [1.82, 2.24) is 4.57 Å². The number of rotatable bonds is 4. The zero-order chi connectivity index (χ0) is 17.1. The normalized spacial score (nSPS) is 13.9. The number of fused-ring (bicyclic) bond motifs is 1. The molecule has 2 aromatic heterocycles. The number of nitrogens with zero attached hydrogens (tertiary/aromatic N) is 1. The van der Waals surface area contributed by atoms with Gasteiger partial charge in [-0.05, 0) is 31.2 Å². The van der Waals surface area contributed by atoms with Crippen LogP contribution in [0.4, 0.5) is 5.00 Å². The smallest absolute Gasteiger partial charge is 0.341 e. The molecule has 1 amide bonds. The number of ether oxygens (including phenoxy) is 1. The first-order chi connectivity index (χ1) is 11.6. The number of aromatic nitrogens is 1. The minimum atomic E-state index is -0.394. The number of methoxy groups -OCH3 is 1. The third kappa shape index (κ3) is 3.44. The molecule has 0 saturated carbocycles. The van der Waals surface area contributed by atoms with Gasteiger partial charge in [0.2, 0.25) is 5.91 Å². The molecule has 24 heavy (non-hydrogen) atoms. The molecule has 128 valence electrons. The Morgan fingerprint density at radius 1 is 1.33 bits per heavy atom. The Kier molecular flexibility index (Phi) is 5.15. The molecule has 0 bridgehead atoms. The van der Waals surface area contributed by atoms with E-state index in [-0.39, 0.29) is 12.5 Å². The van der Waals surface area contributed by atoms with Gasteiger partial charge in [0, 0.05) is 16.5 Å². The quantitative estimate of drug-likeness (QED) is 0.645. The van der Waals surface area contributed by atoms with Crippen LogP contribution in [0.1, 0.15) is 40.1 Å². The Balaban J connectivity index is 1.87. The van der Waals surface area contributed by atoms with E-state index in [1.807, 2.05) is 0 Å². The number of esters is 1. The average molecular weight is 365 g/mol. The van der Waals surface area contributed by atoms with Gasteiger partial charge in [0.05, 0.1) is 12.7 Å². The summed E-state index contributed by atoms with van der Waals surface area (Å²) in [5, 5.41) is 12.9. The number of nitrogens with one attached hydrogen (secondary N) is 2. The van der Waals surface area contributed by atoms with E-state index >= 15 is 0 Å². The Morgan fingerprint density at radius 2 is 2.12 bits per heavy atom. The molecule has 0 atom stereocenters. The van der Waals surface area contributed by atoms with Gasteiger partial charge in [0.25, 0.3) is 0 Å². The van der Waals surface area contributed by atoms with E-state index in [2.05, 4.69) is 5.32 Å². The molecule has 1 aliphatic carbocycles. The van der Waals surface area contributed by atoms with Gasteiger partial charge in [-0.25, -0.2) is 4.79 Å². The SMILES string of the molecule is COC(=O)c1c(NC(=O)Cn2ccsc2=N)sc2c1CCCCC2. The molecule has 0 spiro atoms. The van der Waals surface area contributed by atoms with Crippen molar-refractivity contribution < 1.29 is 14.3 Å². The van der Waals surface area contributed by atoms with Crippen molar-refractivity contribution in [3.8, 4) is 0 Å². The van der Waals surface area contributed by atoms with Crippen molar-refractivity contribution in [3.05, 3.63) is 32.4 Å². The summed E-state index contributed by atoms with van der Waals surface area (Å²) in [7, 11) is 1.36. The predicted octanol–water partition coefficient (Wildman–Crippen LogP) is 2.78. The molecule has 1 aliphatic rings. The van der Waals surface area contributed by atoms with Crippen LogP contribution in [0.5, 0.6) is 0 Å². The maximum Gasteiger partial charge on any atom is 0.341 e. The highest BCUT2D eigenvalue weighted by molar-refractivity contribution is 7.17. The highest BCUT2D eigenvalue weighted by atomic mass is 32.1. The van der Waals surface area contributed by atoms with E-state index in [0.717, 1.165) is 37.7 Å². The van der Waals surface area contributed by atoms with E-state index in [9.17, 15) is 9.59 Å². The first-order valence-corrected chi connectivity index (χ1v) is 9.51. The van der Waals surface area contributed by atoms with Crippen LogP contribution in [0.3, 0.4) is 0 Å². The van der Waals surface area contributed by atoms with Gasteiger partial charge in [0.1, 0.15) is 11.5 Å². The van der Waals surface area contributed by atoms with Crippen LogP contribution in [0.2, 0.25) is 0 Å². The maximum atomic E-state index is 12.3.